The molecule has 5 nitrogen and oxygen atoms in total. The Labute approximate surface area is 122 Å². The van der Waals surface area contributed by atoms with Crippen molar-refractivity contribution >= 4 is 27.6 Å². The fourth-order valence-electron chi connectivity index (χ4n) is 1.55. The Hall–Kier alpha value is -1.05. The monoisotopic (exact) mass is 318 g/mol. The standard InChI is InChI=1S/C13H18O5S2/c1-10(6-7-14)19-8-9-20(17,18)12-4-2-11(3-5-12)13(15)16/h2-5,10,14H,6-9H2,1H3,(H,15,16). The predicted octanol–water partition coefficient (Wildman–Crippen LogP) is 1.66. The molecule has 0 saturated heterocycles. The van der Waals surface area contributed by atoms with Crippen molar-refractivity contribution in [2.24, 2.45) is 0 Å². The maximum absolute atomic E-state index is 12.0. The van der Waals surface area contributed by atoms with Crippen molar-refractivity contribution in [2.45, 2.75) is 23.5 Å². The van der Waals surface area contributed by atoms with E-state index in [1.165, 1.54) is 36.0 Å². The van der Waals surface area contributed by atoms with Crippen LogP contribution in [0.5, 0.6) is 0 Å². The first-order valence-electron chi connectivity index (χ1n) is 6.15. The minimum atomic E-state index is -3.39. The quantitative estimate of drug-likeness (QED) is 0.757. The maximum Gasteiger partial charge on any atom is 0.335 e. The van der Waals surface area contributed by atoms with Gasteiger partial charge in [0.05, 0.1) is 16.2 Å². The molecule has 20 heavy (non-hydrogen) atoms. The third-order valence-electron chi connectivity index (χ3n) is 2.75. The second-order valence-electron chi connectivity index (χ2n) is 4.34. The molecule has 0 aliphatic heterocycles. The highest BCUT2D eigenvalue weighted by molar-refractivity contribution is 8.01. The summed E-state index contributed by atoms with van der Waals surface area (Å²) in [5, 5.41) is 17.7. The van der Waals surface area contributed by atoms with Gasteiger partial charge in [0.2, 0.25) is 0 Å². The van der Waals surface area contributed by atoms with Crippen LogP contribution >= 0.6 is 11.8 Å². The highest BCUT2D eigenvalue weighted by Crippen LogP contribution is 2.18. The van der Waals surface area contributed by atoms with Gasteiger partial charge in [0.1, 0.15) is 0 Å². The molecule has 0 radical (unpaired) electrons. The fourth-order valence-corrected chi connectivity index (χ4v) is 4.27. The van der Waals surface area contributed by atoms with E-state index in [1.807, 2.05) is 6.92 Å². The van der Waals surface area contributed by atoms with Gasteiger partial charge in [0, 0.05) is 17.6 Å². The molecule has 0 aromatic heterocycles. The summed E-state index contributed by atoms with van der Waals surface area (Å²) in [6.07, 6.45) is 0.637. The molecule has 1 aromatic rings. The van der Waals surface area contributed by atoms with E-state index in [2.05, 4.69) is 0 Å². The van der Waals surface area contributed by atoms with Crippen LogP contribution in [0, 0.1) is 0 Å². The second kappa shape index (κ2) is 7.66. The number of rotatable bonds is 8. The number of benzene rings is 1. The van der Waals surface area contributed by atoms with Crippen LogP contribution in [0.3, 0.4) is 0 Å². The normalized spacial score (nSPS) is 13.1. The van der Waals surface area contributed by atoms with Gasteiger partial charge in [-0.1, -0.05) is 6.92 Å². The summed E-state index contributed by atoms with van der Waals surface area (Å²) in [6.45, 7) is 2.03. The van der Waals surface area contributed by atoms with Crippen LogP contribution in [-0.2, 0) is 9.84 Å². The van der Waals surface area contributed by atoms with Crippen molar-refractivity contribution < 1.29 is 23.4 Å². The van der Waals surface area contributed by atoms with Crippen molar-refractivity contribution in [1.82, 2.24) is 0 Å². The van der Waals surface area contributed by atoms with E-state index >= 15 is 0 Å². The third kappa shape index (κ3) is 5.15. The van der Waals surface area contributed by atoms with Gasteiger partial charge < -0.3 is 10.2 Å². The molecule has 1 aromatic carbocycles. The fraction of sp³-hybridized carbons (Fsp3) is 0.462. The highest BCUT2D eigenvalue weighted by atomic mass is 32.2. The summed E-state index contributed by atoms with van der Waals surface area (Å²) in [4.78, 5) is 10.8. The Morgan fingerprint density at radius 2 is 1.90 bits per heavy atom. The van der Waals surface area contributed by atoms with E-state index in [0.29, 0.717) is 12.2 Å². The molecule has 0 aliphatic carbocycles. The zero-order valence-electron chi connectivity index (χ0n) is 11.2. The lowest BCUT2D eigenvalue weighted by Gasteiger charge is -2.09. The number of carboxylic acids is 1. The van der Waals surface area contributed by atoms with Crippen LogP contribution in [-0.4, -0.2) is 48.0 Å². The molecule has 0 fully saturated rings. The SMILES string of the molecule is CC(CCO)SCCS(=O)(=O)c1ccc(C(=O)O)cc1. The van der Waals surface area contributed by atoms with Crippen LogP contribution < -0.4 is 0 Å². The molecule has 0 saturated carbocycles. The van der Waals surface area contributed by atoms with Gasteiger partial charge >= 0.3 is 5.97 Å². The molecular formula is C13H18O5S2. The summed E-state index contributed by atoms with van der Waals surface area (Å²) in [6, 6.07) is 5.22. The smallest absolute Gasteiger partial charge is 0.335 e. The molecule has 0 heterocycles. The molecule has 1 rings (SSSR count). The number of hydrogen-bond acceptors (Lipinski definition) is 5. The lowest BCUT2D eigenvalue weighted by atomic mass is 10.2. The first kappa shape index (κ1) is 17.0. The van der Waals surface area contributed by atoms with Gasteiger partial charge in [-0.05, 0) is 30.7 Å². The molecule has 1 atom stereocenters. The molecule has 7 heteroatoms. The lowest BCUT2D eigenvalue weighted by Crippen LogP contribution is -2.11. The topological polar surface area (TPSA) is 91.7 Å². The Morgan fingerprint density at radius 1 is 1.30 bits per heavy atom. The van der Waals surface area contributed by atoms with Crippen molar-refractivity contribution in [3.8, 4) is 0 Å². The number of sulfone groups is 1. The molecule has 0 aliphatic rings. The summed E-state index contributed by atoms with van der Waals surface area (Å²) < 4.78 is 24.1. The largest absolute Gasteiger partial charge is 0.478 e. The molecule has 112 valence electrons. The first-order chi connectivity index (χ1) is 9.36. The summed E-state index contributed by atoms with van der Waals surface area (Å²) >= 11 is 1.50. The lowest BCUT2D eigenvalue weighted by molar-refractivity contribution is 0.0696. The minimum absolute atomic E-state index is 0.000146. The van der Waals surface area contributed by atoms with E-state index in [1.54, 1.807) is 0 Å². The molecule has 1 unspecified atom stereocenters. The van der Waals surface area contributed by atoms with E-state index in [-0.39, 0.29) is 28.1 Å². The number of aromatic carboxylic acids is 1. The highest BCUT2D eigenvalue weighted by Gasteiger charge is 2.15. The first-order valence-corrected chi connectivity index (χ1v) is 8.85. The number of aliphatic hydroxyl groups excluding tert-OH is 1. The minimum Gasteiger partial charge on any atom is -0.478 e. The van der Waals surface area contributed by atoms with Crippen LogP contribution in [0.1, 0.15) is 23.7 Å². The summed E-state index contributed by atoms with van der Waals surface area (Å²) in [5.41, 5.74) is 0.0647. The molecular weight excluding hydrogens is 300 g/mol. The number of carboxylic acid groups (broad SMARTS) is 1. The van der Waals surface area contributed by atoms with Crippen molar-refractivity contribution in [3.63, 3.8) is 0 Å². The third-order valence-corrected chi connectivity index (χ3v) is 5.99. The van der Waals surface area contributed by atoms with Crippen LogP contribution in [0.4, 0.5) is 0 Å². The molecule has 0 amide bonds. The second-order valence-corrected chi connectivity index (χ2v) is 8.00. The zero-order valence-corrected chi connectivity index (χ0v) is 12.8. The van der Waals surface area contributed by atoms with Crippen LogP contribution in [0.2, 0.25) is 0 Å². The van der Waals surface area contributed by atoms with Gasteiger partial charge in [-0.25, -0.2) is 13.2 Å². The van der Waals surface area contributed by atoms with Crippen molar-refractivity contribution in [1.29, 1.82) is 0 Å². The van der Waals surface area contributed by atoms with Gasteiger partial charge in [0.15, 0.2) is 9.84 Å². The Kier molecular flexibility index (Phi) is 6.51. The number of hydrogen-bond donors (Lipinski definition) is 2. The van der Waals surface area contributed by atoms with Gasteiger partial charge in [-0.15, -0.1) is 0 Å². The summed E-state index contributed by atoms with van der Waals surface area (Å²) in [7, 11) is -3.39. The average molecular weight is 318 g/mol. The van der Waals surface area contributed by atoms with E-state index in [4.69, 9.17) is 10.2 Å². The number of thioether (sulfide) groups is 1. The summed E-state index contributed by atoms with van der Waals surface area (Å²) in [5.74, 6) is -0.633. The van der Waals surface area contributed by atoms with E-state index in [9.17, 15) is 13.2 Å². The van der Waals surface area contributed by atoms with Gasteiger partial charge in [-0.2, -0.15) is 11.8 Å². The molecule has 2 N–H and O–H groups in total. The van der Waals surface area contributed by atoms with Crippen molar-refractivity contribution in [2.75, 3.05) is 18.1 Å². The Balaban J connectivity index is 2.62. The number of carbonyl (C=O) groups is 1. The average Bonchev–Trinajstić information content (AvgIpc) is 2.39. The molecule has 0 bridgehead atoms. The molecule has 0 spiro atoms. The Morgan fingerprint density at radius 3 is 2.40 bits per heavy atom. The van der Waals surface area contributed by atoms with Gasteiger partial charge in [0.25, 0.3) is 0 Å². The van der Waals surface area contributed by atoms with E-state index in [0.717, 1.165) is 0 Å². The maximum atomic E-state index is 12.0. The van der Waals surface area contributed by atoms with E-state index < -0.39 is 15.8 Å². The van der Waals surface area contributed by atoms with Crippen molar-refractivity contribution in [3.05, 3.63) is 29.8 Å². The number of aliphatic hydroxyl groups is 1. The van der Waals surface area contributed by atoms with Crippen LogP contribution in [0.25, 0.3) is 0 Å². The zero-order chi connectivity index (χ0) is 15.2. The van der Waals surface area contributed by atoms with Gasteiger partial charge in [-0.3, -0.25) is 0 Å². The Bertz CT molecular complexity index is 536. The van der Waals surface area contributed by atoms with Crippen LogP contribution in [0.15, 0.2) is 29.2 Å². The predicted molar refractivity (Wildman–Crippen MR) is 79.1 cm³/mol.